The highest BCUT2D eigenvalue weighted by atomic mass is 16.7. The minimum absolute atomic E-state index is 0.0656. The number of carbonyl (C=O) groups is 1. The molecule has 0 radical (unpaired) electrons. The molecule has 1 aromatic carbocycles. The Kier molecular flexibility index (Phi) is 9.68. The molecule has 5 atom stereocenters. The summed E-state index contributed by atoms with van der Waals surface area (Å²) in [4.78, 5) is 11.3. The monoisotopic (exact) mass is 490 g/mol. The van der Waals surface area contributed by atoms with E-state index in [0.29, 0.717) is 50.6 Å². The highest BCUT2D eigenvalue weighted by molar-refractivity contribution is 5.67. The van der Waals surface area contributed by atoms with Crippen molar-refractivity contribution in [1.29, 1.82) is 0 Å². The minimum atomic E-state index is -0.903. The van der Waals surface area contributed by atoms with Gasteiger partial charge in [-0.05, 0) is 56.6 Å². The van der Waals surface area contributed by atoms with Crippen LogP contribution < -0.4 is 4.74 Å². The molecule has 2 aliphatic heterocycles. The zero-order valence-electron chi connectivity index (χ0n) is 20.3. The fourth-order valence-electron chi connectivity index (χ4n) is 5.08. The van der Waals surface area contributed by atoms with Crippen LogP contribution in [-0.4, -0.2) is 54.7 Å². The summed E-state index contributed by atoms with van der Waals surface area (Å²) in [6, 6.07) is 9.61. The van der Waals surface area contributed by atoms with E-state index in [1.807, 2.05) is 30.3 Å². The van der Waals surface area contributed by atoms with Crippen molar-refractivity contribution in [3.05, 3.63) is 41.9 Å². The third-order valence-electron chi connectivity index (χ3n) is 6.89. The van der Waals surface area contributed by atoms with Crippen LogP contribution in [-0.2, 0) is 23.7 Å². The van der Waals surface area contributed by atoms with E-state index in [1.54, 1.807) is 0 Å². The van der Waals surface area contributed by atoms with Gasteiger partial charge in [0.2, 0.25) is 0 Å². The van der Waals surface area contributed by atoms with E-state index in [1.165, 1.54) is 0 Å². The predicted molar refractivity (Wildman–Crippen MR) is 127 cm³/mol. The number of benzene rings is 1. The molecule has 194 valence electrons. The summed E-state index contributed by atoms with van der Waals surface area (Å²) < 4.78 is 30.5. The highest BCUT2D eigenvalue weighted by Crippen LogP contribution is 2.41. The molecule has 3 aliphatic rings. The van der Waals surface area contributed by atoms with Gasteiger partial charge in [-0.2, -0.15) is 0 Å². The lowest BCUT2D eigenvalue weighted by Gasteiger charge is -2.31. The van der Waals surface area contributed by atoms with Crippen molar-refractivity contribution in [1.82, 2.24) is 0 Å². The second-order valence-corrected chi connectivity index (χ2v) is 9.62. The van der Waals surface area contributed by atoms with Crippen LogP contribution in [0.2, 0.25) is 0 Å². The molecule has 35 heavy (non-hydrogen) atoms. The summed E-state index contributed by atoms with van der Waals surface area (Å²) in [6.45, 7) is 1.69. The van der Waals surface area contributed by atoms with E-state index in [0.717, 1.165) is 44.3 Å². The van der Waals surface area contributed by atoms with Crippen LogP contribution in [0.15, 0.2) is 41.9 Å². The molecule has 2 heterocycles. The maximum absolute atomic E-state index is 11.3. The number of para-hydroxylation sites is 1. The van der Waals surface area contributed by atoms with Gasteiger partial charge in [-0.25, -0.2) is 0 Å². The Bertz CT molecular complexity index is 814. The number of aliphatic carboxylic acids is 1. The average Bonchev–Trinajstić information content (AvgIpc) is 3.23. The quantitative estimate of drug-likeness (QED) is 0.433. The summed E-state index contributed by atoms with van der Waals surface area (Å²) in [5.74, 6) is 0.688. The van der Waals surface area contributed by atoms with Crippen LogP contribution in [0.4, 0.5) is 0 Å². The van der Waals surface area contributed by atoms with Gasteiger partial charge in [-0.3, -0.25) is 4.79 Å². The molecule has 1 aromatic rings. The Morgan fingerprint density at radius 2 is 1.63 bits per heavy atom. The number of allylic oxidation sites excluding steroid dienone is 1. The predicted octanol–water partition coefficient (Wildman–Crippen LogP) is 4.62. The molecule has 3 fully saturated rings. The van der Waals surface area contributed by atoms with E-state index < -0.39 is 12.1 Å². The lowest BCUT2D eigenvalue weighted by Crippen LogP contribution is -2.27. The normalized spacial score (nSPS) is 29.8. The molecule has 2 N–H and O–H groups in total. The van der Waals surface area contributed by atoms with Crippen molar-refractivity contribution in [3.8, 4) is 5.75 Å². The zero-order chi connectivity index (χ0) is 24.5. The number of ether oxygens (including phenoxy) is 5. The lowest BCUT2D eigenvalue weighted by atomic mass is 9.98. The largest absolute Gasteiger partial charge is 0.493 e. The van der Waals surface area contributed by atoms with Crippen LogP contribution in [0.5, 0.6) is 5.75 Å². The van der Waals surface area contributed by atoms with E-state index in [2.05, 4.69) is 0 Å². The van der Waals surface area contributed by atoms with Crippen molar-refractivity contribution in [2.24, 2.45) is 11.8 Å². The van der Waals surface area contributed by atoms with Gasteiger partial charge in [-0.15, -0.1) is 0 Å². The van der Waals surface area contributed by atoms with Gasteiger partial charge in [0, 0.05) is 25.2 Å². The first-order valence-corrected chi connectivity index (χ1v) is 13.0. The van der Waals surface area contributed by atoms with Crippen molar-refractivity contribution in [2.75, 3.05) is 19.8 Å². The number of rotatable bonds is 11. The first kappa shape index (κ1) is 25.8. The minimum Gasteiger partial charge on any atom is -0.493 e. The van der Waals surface area contributed by atoms with E-state index >= 15 is 0 Å². The number of carboxylic acid groups (broad SMARTS) is 1. The Labute approximate surface area is 207 Å². The molecule has 8 nitrogen and oxygen atoms in total. The molecule has 0 aromatic heterocycles. The van der Waals surface area contributed by atoms with Crippen LogP contribution in [0.25, 0.3) is 0 Å². The summed E-state index contributed by atoms with van der Waals surface area (Å²) in [5.41, 5.74) is 0. The van der Waals surface area contributed by atoms with Crippen LogP contribution >= 0.6 is 0 Å². The van der Waals surface area contributed by atoms with Crippen molar-refractivity contribution in [2.45, 2.75) is 82.9 Å². The van der Waals surface area contributed by atoms with Crippen molar-refractivity contribution in [3.63, 3.8) is 0 Å². The van der Waals surface area contributed by atoms with Gasteiger partial charge < -0.3 is 33.9 Å². The third kappa shape index (κ3) is 7.85. The van der Waals surface area contributed by atoms with Gasteiger partial charge in [0.15, 0.2) is 12.6 Å². The Hall–Kier alpha value is -2.29. The van der Waals surface area contributed by atoms with E-state index in [-0.39, 0.29) is 30.8 Å². The number of hydrogen-bond donors (Lipinski definition) is 2. The molecule has 0 bridgehead atoms. The number of aliphatic hydroxyl groups is 1. The molecular weight excluding hydrogens is 452 g/mol. The van der Waals surface area contributed by atoms with Gasteiger partial charge >= 0.3 is 5.97 Å². The smallest absolute Gasteiger partial charge is 0.303 e. The van der Waals surface area contributed by atoms with Crippen molar-refractivity contribution >= 4 is 5.97 Å². The maximum atomic E-state index is 11.3. The number of carboxylic acids is 1. The Balaban J connectivity index is 1.56. The highest BCUT2D eigenvalue weighted by Gasteiger charge is 2.39. The average molecular weight is 491 g/mol. The topological polar surface area (TPSA) is 104 Å². The van der Waals surface area contributed by atoms with E-state index in [9.17, 15) is 15.0 Å². The number of hydrogen-bond acceptors (Lipinski definition) is 7. The summed E-state index contributed by atoms with van der Waals surface area (Å²) >= 11 is 0. The molecule has 4 rings (SSSR count). The molecule has 0 spiro atoms. The molecular formula is C27H38O8. The molecule has 1 aliphatic carbocycles. The molecule has 1 saturated carbocycles. The summed E-state index contributed by atoms with van der Waals surface area (Å²) in [5, 5.41) is 19.9. The van der Waals surface area contributed by atoms with Crippen molar-refractivity contribution < 1.29 is 38.7 Å². The maximum Gasteiger partial charge on any atom is 0.303 e. The van der Waals surface area contributed by atoms with Gasteiger partial charge in [0.1, 0.15) is 17.3 Å². The zero-order valence-corrected chi connectivity index (χ0v) is 20.3. The fourth-order valence-corrected chi connectivity index (χ4v) is 5.08. The molecule has 1 unspecified atom stereocenters. The van der Waals surface area contributed by atoms with Gasteiger partial charge in [-0.1, -0.05) is 18.2 Å². The van der Waals surface area contributed by atoms with Crippen LogP contribution in [0.3, 0.4) is 0 Å². The van der Waals surface area contributed by atoms with Crippen LogP contribution in [0.1, 0.15) is 64.2 Å². The standard InChI is InChI=1S/C27H38O8/c28-22-17-20(16-19(22)18-24(29)30)27(35-26-11-5-7-14-33-26)23(34-25-10-4-6-13-32-25)12-15-31-21-8-2-1-3-9-21/h1-3,8-9,19-20,22,25-26,28H,4-7,10-18H2,(H,29,30)/t19-,20-,22-,25?,26-/m0/s1. The van der Waals surface area contributed by atoms with E-state index in [4.69, 9.17) is 23.7 Å². The number of aliphatic hydroxyl groups excluding tert-OH is 1. The first-order valence-electron chi connectivity index (χ1n) is 13.0. The SMILES string of the molecule is O=C(O)C[C@@H]1C[C@H](C(O[C@H]2CCCCO2)=C(CCOc2ccccc2)OC2CCCCO2)C[C@@H]1O. The second-order valence-electron chi connectivity index (χ2n) is 9.62. The fraction of sp³-hybridized carbons (Fsp3) is 0.667. The van der Waals surface area contributed by atoms with Gasteiger partial charge in [0.25, 0.3) is 0 Å². The lowest BCUT2D eigenvalue weighted by molar-refractivity contribution is -0.163. The molecule has 0 amide bonds. The van der Waals surface area contributed by atoms with Crippen LogP contribution in [0, 0.1) is 11.8 Å². The summed E-state index contributed by atoms with van der Waals surface area (Å²) in [6.07, 6.45) is 5.56. The molecule has 2 saturated heterocycles. The second kappa shape index (κ2) is 13.1. The Morgan fingerprint density at radius 3 is 2.26 bits per heavy atom. The first-order chi connectivity index (χ1) is 17.1. The van der Waals surface area contributed by atoms with Gasteiger partial charge in [0.05, 0.1) is 32.3 Å². The Morgan fingerprint density at radius 1 is 0.943 bits per heavy atom. The molecule has 8 heteroatoms. The third-order valence-corrected chi connectivity index (χ3v) is 6.89. The summed E-state index contributed by atoms with van der Waals surface area (Å²) in [7, 11) is 0.